The Morgan fingerprint density at radius 3 is 2.71 bits per heavy atom. The predicted octanol–water partition coefficient (Wildman–Crippen LogP) is 2.94. The molecule has 148 valence electrons. The number of hydrogen-bond acceptors (Lipinski definition) is 4. The first-order chi connectivity index (χ1) is 13.6. The molecule has 1 amide bonds. The van der Waals surface area contributed by atoms with Gasteiger partial charge in [-0.1, -0.05) is 42.5 Å². The van der Waals surface area contributed by atoms with Crippen molar-refractivity contribution in [1.82, 2.24) is 4.90 Å². The molecule has 2 aromatic rings. The summed E-state index contributed by atoms with van der Waals surface area (Å²) in [5, 5.41) is 0. The van der Waals surface area contributed by atoms with Crippen LogP contribution in [-0.4, -0.2) is 44.1 Å². The van der Waals surface area contributed by atoms with E-state index in [4.69, 9.17) is 10.5 Å². The summed E-state index contributed by atoms with van der Waals surface area (Å²) in [6.07, 6.45) is 1.85. The smallest absolute Gasteiger partial charge is 0.221 e. The van der Waals surface area contributed by atoms with Crippen LogP contribution < -0.4 is 10.6 Å². The lowest BCUT2D eigenvalue weighted by Crippen LogP contribution is -2.42. The van der Waals surface area contributed by atoms with E-state index < -0.39 is 0 Å². The number of fused-ring (bicyclic) bond motifs is 2. The molecule has 28 heavy (non-hydrogen) atoms. The van der Waals surface area contributed by atoms with Crippen molar-refractivity contribution in [3.63, 3.8) is 0 Å². The third-order valence-electron chi connectivity index (χ3n) is 5.98. The van der Waals surface area contributed by atoms with Crippen LogP contribution in [0.4, 0.5) is 5.69 Å². The highest BCUT2D eigenvalue weighted by atomic mass is 16.5. The zero-order chi connectivity index (χ0) is 19.5. The summed E-state index contributed by atoms with van der Waals surface area (Å²) in [6, 6.07) is 17.1. The molecule has 2 atom stereocenters. The van der Waals surface area contributed by atoms with Gasteiger partial charge in [-0.2, -0.15) is 0 Å². The van der Waals surface area contributed by atoms with Gasteiger partial charge in [-0.3, -0.25) is 4.79 Å². The molecule has 4 rings (SSSR count). The number of nitrogens with zero attached hydrogens (tertiary/aromatic N) is 2. The molecule has 1 fully saturated rings. The van der Waals surface area contributed by atoms with Gasteiger partial charge in [0.15, 0.2) is 0 Å². The first-order valence-corrected chi connectivity index (χ1v) is 10.1. The van der Waals surface area contributed by atoms with Crippen LogP contribution in [0.15, 0.2) is 48.5 Å². The Kier molecular flexibility index (Phi) is 5.64. The second-order valence-electron chi connectivity index (χ2n) is 7.91. The van der Waals surface area contributed by atoms with Crippen molar-refractivity contribution in [2.75, 3.05) is 38.2 Å². The average Bonchev–Trinajstić information content (AvgIpc) is 2.83. The van der Waals surface area contributed by atoms with Crippen LogP contribution in [0, 0.1) is 5.92 Å². The van der Waals surface area contributed by atoms with E-state index in [-0.39, 0.29) is 17.9 Å². The third-order valence-corrected chi connectivity index (χ3v) is 5.98. The Hall–Kier alpha value is -2.37. The summed E-state index contributed by atoms with van der Waals surface area (Å²) in [5.74, 6) is -0.206. The molecule has 1 saturated heterocycles. The van der Waals surface area contributed by atoms with Crippen molar-refractivity contribution in [3.05, 3.63) is 65.2 Å². The van der Waals surface area contributed by atoms with Gasteiger partial charge in [-0.15, -0.1) is 0 Å². The van der Waals surface area contributed by atoms with Gasteiger partial charge < -0.3 is 20.3 Å². The molecule has 2 aliphatic heterocycles. The van der Waals surface area contributed by atoms with Crippen molar-refractivity contribution >= 4 is 11.6 Å². The standard InChI is InChI=1S/C23H29N3O2/c1-25-15-17-7-2-3-9-19(17)22(20-10-4-5-11-21(20)25)28-14-13-26-12-6-8-18(16-26)23(24)27/h2-5,7,9-11,18,22H,6,8,12-16H2,1H3,(H2,24,27). The first kappa shape index (κ1) is 19.0. The van der Waals surface area contributed by atoms with Gasteiger partial charge in [0, 0.05) is 37.9 Å². The number of piperidine rings is 1. The van der Waals surface area contributed by atoms with Gasteiger partial charge in [0.1, 0.15) is 6.10 Å². The topological polar surface area (TPSA) is 58.8 Å². The normalized spacial score (nSPS) is 22.2. The maximum Gasteiger partial charge on any atom is 0.221 e. The Morgan fingerprint density at radius 2 is 1.89 bits per heavy atom. The molecule has 2 heterocycles. The number of ether oxygens (including phenoxy) is 1. The molecule has 0 aromatic heterocycles. The summed E-state index contributed by atoms with van der Waals surface area (Å²) in [7, 11) is 2.13. The van der Waals surface area contributed by atoms with Crippen molar-refractivity contribution < 1.29 is 9.53 Å². The van der Waals surface area contributed by atoms with Gasteiger partial charge in [0.05, 0.1) is 12.5 Å². The summed E-state index contributed by atoms with van der Waals surface area (Å²) >= 11 is 0. The van der Waals surface area contributed by atoms with Gasteiger partial charge in [0.2, 0.25) is 5.91 Å². The van der Waals surface area contributed by atoms with E-state index in [0.717, 1.165) is 39.0 Å². The van der Waals surface area contributed by atoms with E-state index in [1.165, 1.54) is 22.4 Å². The Labute approximate surface area is 167 Å². The summed E-state index contributed by atoms with van der Waals surface area (Å²) in [6.45, 7) is 4.08. The number of benzene rings is 2. The SMILES string of the molecule is CN1Cc2ccccc2C(OCCN2CCCC(C(N)=O)C2)c2ccccc21. The Balaban J connectivity index is 1.51. The van der Waals surface area contributed by atoms with Crippen molar-refractivity contribution in [2.24, 2.45) is 11.7 Å². The fraction of sp³-hybridized carbons (Fsp3) is 0.435. The number of hydrogen-bond donors (Lipinski definition) is 1. The van der Waals surface area contributed by atoms with Crippen molar-refractivity contribution in [2.45, 2.75) is 25.5 Å². The first-order valence-electron chi connectivity index (χ1n) is 10.1. The molecule has 0 saturated carbocycles. The molecule has 0 bridgehead atoms. The molecular formula is C23H29N3O2. The summed E-state index contributed by atoms with van der Waals surface area (Å²) in [4.78, 5) is 16.1. The molecular weight excluding hydrogens is 350 g/mol. The highest BCUT2D eigenvalue weighted by Gasteiger charge is 2.27. The summed E-state index contributed by atoms with van der Waals surface area (Å²) < 4.78 is 6.48. The zero-order valence-electron chi connectivity index (χ0n) is 16.5. The highest BCUT2D eigenvalue weighted by Crippen LogP contribution is 2.38. The maximum absolute atomic E-state index is 11.5. The number of primary amides is 1. The van der Waals surface area contributed by atoms with Crippen molar-refractivity contribution in [1.29, 1.82) is 0 Å². The van der Waals surface area contributed by atoms with E-state index in [2.05, 4.69) is 65.4 Å². The zero-order valence-corrected chi connectivity index (χ0v) is 16.5. The minimum absolute atomic E-state index is 0.0262. The van der Waals surface area contributed by atoms with Crippen LogP contribution in [0.2, 0.25) is 0 Å². The number of amides is 1. The second kappa shape index (κ2) is 8.33. The van der Waals surface area contributed by atoms with Crippen LogP contribution in [0.25, 0.3) is 0 Å². The highest BCUT2D eigenvalue weighted by molar-refractivity contribution is 5.76. The van der Waals surface area contributed by atoms with Gasteiger partial charge in [-0.25, -0.2) is 0 Å². The largest absolute Gasteiger partial charge is 0.370 e. The molecule has 0 aliphatic carbocycles. The number of rotatable bonds is 5. The van der Waals surface area contributed by atoms with E-state index in [9.17, 15) is 4.79 Å². The Morgan fingerprint density at radius 1 is 1.14 bits per heavy atom. The van der Waals surface area contributed by atoms with E-state index in [0.29, 0.717) is 6.61 Å². The predicted molar refractivity (Wildman–Crippen MR) is 111 cm³/mol. The molecule has 2 N–H and O–H groups in total. The number of carbonyl (C=O) groups excluding carboxylic acids is 1. The molecule has 0 spiro atoms. The number of anilines is 1. The van der Waals surface area contributed by atoms with Gasteiger partial charge in [-0.05, 0) is 36.6 Å². The number of likely N-dealkylation sites (tertiary alicyclic amines) is 1. The van der Waals surface area contributed by atoms with Crippen LogP contribution in [0.3, 0.4) is 0 Å². The summed E-state index contributed by atoms with van der Waals surface area (Å²) in [5.41, 5.74) is 10.5. The maximum atomic E-state index is 11.5. The van der Waals surface area contributed by atoms with E-state index in [1.807, 2.05) is 0 Å². The van der Waals surface area contributed by atoms with Gasteiger partial charge >= 0.3 is 0 Å². The van der Waals surface area contributed by atoms with Crippen LogP contribution in [0.1, 0.15) is 35.6 Å². The molecule has 5 nitrogen and oxygen atoms in total. The lowest BCUT2D eigenvalue weighted by atomic mass is 9.97. The number of carbonyl (C=O) groups is 1. The van der Waals surface area contributed by atoms with Crippen molar-refractivity contribution in [3.8, 4) is 0 Å². The van der Waals surface area contributed by atoms with Crippen LogP contribution in [-0.2, 0) is 16.1 Å². The minimum Gasteiger partial charge on any atom is -0.370 e. The number of para-hydroxylation sites is 1. The van der Waals surface area contributed by atoms with Crippen LogP contribution in [0.5, 0.6) is 0 Å². The lowest BCUT2D eigenvalue weighted by molar-refractivity contribution is -0.123. The molecule has 0 radical (unpaired) electrons. The molecule has 2 aromatic carbocycles. The van der Waals surface area contributed by atoms with Gasteiger partial charge in [0.25, 0.3) is 0 Å². The van der Waals surface area contributed by atoms with E-state index >= 15 is 0 Å². The lowest BCUT2D eigenvalue weighted by Gasteiger charge is -2.31. The quantitative estimate of drug-likeness (QED) is 0.868. The minimum atomic E-state index is -0.180. The van der Waals surface area contributed by atoms with Crippen LogP contribution >= 0.6 is 0 Å². The van der Waals surface area contributed by atoms with E-state index in [1.54, 1.807) is 0 Å². The second-order valence-corrected chi connectivity index (χ2v) is 7.91. The third kappa shape index (κ3) is 3.91. The average molecular weight is 380 g/mol. The number of nitrogens with two attached hydrogens (primary N) is 1. The molecule has 2 unspecified atom stereocenters. The molecule has 2 aliphatic rings. The Bertz CT molecular complexity index is 838. The fourth-order valence-electron chi connectivity index (χ4n) is 4.47. The monoisotopic (exact) mass is 379 g/mol. The fourth-order valence-corrected chi connectivity index (χ4v) is 4.47. The molecule has 5 heteroatoms.